The molecule has 0 atom stereocenters. The van der Waals surface area contributed by atoms with Crippen LogP contribution >= 0.6 is 0 Å². The summed E-state index contributed by atoms with van der Waals surface area (Å²) in [6.45, 7) is 6.05. The quantitative estimate of drug-likeness (QED) is 0.677. The maximum absolute atomic E-state index is 12.9. The van der Waals surface area contributed by atoms with Crippen molar-refractivity contribution in [2.75, 3.05) is 20.3 Å². The summed E-state index contributed by atoms with van der Waals surface area (Å²) in [6.07, 6.45) is 0. The van der Waals surface area contributed by atoms with E-state index in [1.807, 2.05) is 24.3 Å². The van der Waals surface area contributed by atoms with Crippen LogP contribution in [-0.2, 0) is 17.8 Å². The van der Waals surface area contributed by atoms with Crippen LogP contribution in [0.15, 0.2) is 36.4 Å². The molecule has 6 nitrogen and oxygen atoms in total. The Morgan fingerprint density at radius 1 is 1.24 bits per heavy atom. The van der Waals surface area contributed by atoms with Crippen molar-refractivity contribution in [1.82, 2.24) is 15.2 Å². The molecule has 150 valence electrons. The molecule has 0 bridgehead atoms. The SMILES string of the molecule is COCCN1Cc2cccc(C(=O)NCc3ccc4[nH]c(C)c(C)c4c3)c2C1=O. The van der Waals surface area contributed by atoms with Crippen molar-refractivity contribution >= 4 is 22.7 Å². The van der Waals surface area contributed by atoms with Crippen LogP contribution in [0.1, 0.15) is 43.1 Å². The minimum Gasteiger partial charge on any atom is -0.383 e. The summed E-state index contributed by atoms with van der Waals surface area (Å²) in [5, 5.41) is 4.14. The van der Waals surface area contributed by atoms with Crippen molar-refractivity contribution in [3.8, 4) is 0 Å². The highest BCUT2D eigenvalue weighted by atomic mass is 16.5. The van der Waals surface area contributed by atoms with Gasteiger partial charge in [-0.15, -0.1) is 0 Å². The number of carbonyl (C=O) groups is 2. The molecule has 0 saturated carbocycles. The van der Waals surface area contributed by atoms with E-state index in [0.717, 1.165) is 22.3 Å². The molecule has 0 radical (unpaired) electrons. The van der Waals surface area contributed by atoms with Gasteiger partial charge >= 0.3 is 0 Å². The number of methoxy groups -OCH3 is 1. The van der Waals surface area contributed by atoms with Gasteiger partial charge < -0.3 is 19.9 Å². The minimum absolute atomic E-state index is 0.109. The molecule has 29 heavy (non-hydrogen) atoms. The second-order valence-corrected chi connectivity index (χ2v) is 7.50. The predicted molar refractivity (Wildman–Crippen MR) is 112 cm³/mol. The molecule has 0 fully saturated rings. The van der Waals surface area contributed by atoms with E-state index in [1.54, 1.807) is 18.1 Å². The fraction of sp³-hybridized carbons (Fsp3) is 0.304. The first-order valence-electron chi connectivity index (χ1n) is 9.75. The minimum atomic E-state index is -0.231. The van der Waals surface area contributed by atoms with Crippen LogP contribution in [0.2, 0.25) is 0 Å². The van der Waals surface area contributed by atoms with Gasteiger partial charge in [-0.05, 0) is 48.7 Å². The van der Waals surface area contributed by atoms with E-state index in [1.165, 1.54) is 10.9 Å². The van der Waals surface area contributed by atoms with Gasteiger partial charge in [0.1, 0.15) is 0 Å². The summed E-state index contributed by atoms with van der Waals surface area (Å²) in [5.74, 6) is -0.339. The highest BCUT2D eigenvalue weighted by Gasteiger charge is 2.31. The Labute approximate surface area is 169 Å². The van der Waals surface area contributed by atoms with Crippen LogP contribution < -0.4 is 5.32 Å². The summed E-state index contributed by atoms with van der Waals surface area (Å²) in [5.41, 5.74) is 6.31. The van der Waals surface area contributed by atoms with Crippen LogP contribution in [0.25, 0.3) is 10.9 Å². The third-order valence-electron chi connectivity index (χ3n) is 5.65. The highest BCUT2D eigenvalue weighted by molar-refractivity contribution is 6.09. The fourth-order valence-electron chi connectivity index (χ4n) is 3.89. The number of amides is 2. The van der Waals surface area contributed by atoms with E-state index in [2.05, 4.69) is 30.2 Å². The molecular weight excluding hydrogens is 366 g/mol. The molecule has 1 aromatic heterocycles. The van der Waals surface area contributed by atoms with Crippen LogP contribution in [0.3, 0.4) is 0 Å². The molecule has 4 rings (SSSR count). The van der Waals surface area contributed by atoms with E-state index < -0.39 is 0 Å². The number of nitrogens with one attached hydrogen (secondary N) is 2. The molecule has 0 unspecified atom stereocenters. The number of rotatable bonds is 6. The Balaban J connectivity index is 1.51. The van der Waals surface area contributed by atoms with E-state index in [4.69, 9.17) is 4.74 Å². The average Bonchev–Trinajstić information content (AvgIpc) is 3.20. The molecule has 2 N–H and O–H groups in total. The number of aryl methyl sites for hydroxylation is 2. The summed E-state index contributed by atoms with van der Waals surface area (Å²) >= 11 is 0. The lowest BCUT2D eigenvalue weighted by Gasteiger charge is -2.14. The van der Waals surface area contributed by atoms with E-state index in [0.29, 0.717) is 37.4 Å². The van der Waals surface area contributed by atoms with Gasteiger partial charge in [0.2, 0.25) is 0 Å². The summed E-state index contributed by atoms with van der Waals surface area (Å²) in [7, 11) is 1.61. The van der Waals surface area contributed by atoms with Crippen molar-refractivity contribution in [1.29, 1.82) is 0 Å². The van der Waals surface area contributed by atoms with Crippen molar-refractivity contribution in [3.05, 3.63) is 69.9 Å². The van der Waals surface area contributed by atoms with Gasteiger partial charge in [-0.1, -0.05) is 18.2 Å². The number of aromatic amines is 1. The third-order valence-corrected chi connectivity index (χ3v) is 5.65. The Morgan fingerprint density at radius 3 is 2.86 bits per heavy atom. The molecule has 2 amide bonds. The number of fused-ring (bicyclic) bond motifs is 2. The molecule has 2 heterocycles. The normalized spacial score (nSPS) is 13.2. The van der Waals surface area contributed by atoms with E-state index >= 15 is 0 Å². The predicted octanol–water partition coefficient (Wildman–Crippen LogP) is 3.32. The number of benzene rings is 2. The van der Waals surface area contributed by atoms with Crippen molar-refractivity contribution in [2.45, 2.75) is 26.9 Å². The summed E-state index contributed by atoms with van der Waals surface area (Å²) in [6, 6.07) is 11.6. The van der Waals surface area contributed by atoms with Gasteiger partial charge in [0.05, 0.1) is 17.7 Å². The lowest BCUT2D eigenvalue weighted by atomic mass is 10.0. The van der Waals surface area contributed by atoms with E-state index in [-0.39, 0.29) is 11.8 Å². The van der Waals surface area contributed by atoms with Crippen molar-refractivity contribution in [2.24, 2.45) is 0 Å². The van der Waals surface area contributed by atoms with Gasteiger partial charge in [0.15, 0.2) is 0 Å². The zero-order chi connectivity index (χ0) is 20.5. The maximum Gasteiger partial charge on any atom is 0.255 e. The fourth-order valence-corrected chi connectivity index (χ4v) is 3.89. The van der Waals surface area contributed by atoms with Gasteiger partial charge in [0, 0.05) is 43.3 Å². The Kier molecular flexibility index (Phi) is 5.11. The van der Waals surface area contributed by atoms with E-state index in [9.17, 15) is 9.59 Å². The molecule has 0 spiro atoms. The average molecular weight is 391 g/mol. The molecule has 0 aliphatic carbocycles. The lowest BCUT2D eigenvalue weighted by Crippen LogP contribution is -2.29. The first-order chi connectivity index (χ1) is 14.0. The molecule has 1 aliphatic heterocycles. The number of H-pyrrole nitrogens is 1. The number of carbonyl (C=O) groups excluding carboxylic acids is 2. The van der Waals surface area contributed by atoms with Gasteiger partial charge in [-0.2, -0.15) is 0 Å². The molecule has 0 saturated heterocycles. The van der Waals surface area contributed by atoms with Crippen LogP contribution in [0.4, 0.5) is 0 Å². The van der Waals surface area contributed by atoms with Crippen molar-refractivity contribution in [3.63, 3.8) is 0 Å². The topological polar surface area (TPSA) is 74.4 Å². The number of hydrogen-bond donors (Lipinski definition) is 2. The molecule has 3 aromatic rings. The summed E-state index contributed by atoms with van der Waals surface area (Å²) < 4.78 is 5.08. The number of nitrogens with zero attached hydrogens (tertiary/aromatic N) is 1. The first kappa shape index (κ1) is 19.2. The van der Waals surface area contributed by atoms with Gasteiger partial charge in [0.25, 0.3) is 11.8 Å². The molecular formula is C23H25N3O3. The third kappa shape index (κ3) is 3.51. The maximum atomic E-state index is 12.9. The second kappa shape index (κ2) is 7.72. The Bertz CT molecular complexity index is 1100. The first-order valence-corrected chi connectivity index (χ1v) is 9.75. The van der Waals surface area contributed by atoms with Gasteiger partial charge in [-0.25, -0.2) is 0 Å². The largest absolute Gasteiger partial charge is 0.383 e. The Morgan fingerprint density at radius 2 is 2.07 bits per heavy atom. The zero-order valence-electron chi connectivity index (χ0n) is 17.0. The number of ether oxygens (including phenoxy) is 1. The van der Waals surface area contributed by atoms with Crippen LogP contribution in [0.5, 0.6) is 0 Å². The number of aromatic nitrogens is 1. The van der Waals surface area contributed by atoms with Crippen LogP contribution in [-0.4, -0.2) is 42.0 Å². The standard InChI is InChI=1S/C23H25N3O3/c1-14-15(2)25-20-8-7-16(11-19(14)20)12-24-22(27)18-6-4-5-17-13-26(9-10-29-3)23(28)21(17)18/h4-8,11,25H,9-10,12-13H2,1-3H3,(H,24,27). The summed E-state index contributed by atoms with van der Waals surface area (Å²) in [4.78, 5) is 30.7. The Hall–Kier alpha value is -3.12. The second-order valence-electron chi connectivity index (χ2n) is 7.50. The smallest absolute Gasteiger partial charge is 0.255 e. The zero-order valence-corrected chi connectivity index (χ0v) is 17.0. The molecule has 1 aliphatic rings. The van der Waals surface area contributed by atoms with Gasteiger partial charge in [-0.3, -0.25) is 9.59 Å². The molecule has 2 aromatic carbocycles. The molecule has 6 heteroatoms. The number of hydrogen-bond acceptors (Lipinski definition) is 3. The van der Waals surface area contributed by atoms with Crippen LogP contribution in [0, 0.1) is 13.8 Å². The monoisotopic (exact) mass is 391 g/mol. The van der Waals surface area contributed by atoms with Crippen molar-refractivity contribution < 1.29 is 14.3 Å². The highest BCUT2D eigenvalue weighted by Crippen LogP contribution is 2.26. The lowest BCUT2D eigenvalue weighted by molar-refractivity contribution is 0.0715.